The molecule has 0 N–H and O–H groups in total. The molecule has 0 aliphatic carbocycles. The number of halogens is 1. The maximum absolute atomic E-state index is 5.67. The van der Waals surface area contributed by atoms with Crippen LogP contribution in [0.25, 0.3) is 0 Å². The van der Waals surface area contributed by atoms with Crippen molar-refractivity contribution in [3.8, 4) is 0 Å². The third kappa shape index (κ3) is 1.93. The largest absolute Gasteiger partial charge is 0.255 e. The molecule has 0 aromatic carbocycles. The van der Waals surface area contributed by atoms with E-state index in [9.17, 15) is 0 Å². The molecule has 2 heterocycles. The molecule has 0 saturated carbocycles. The van der Waals surface area contributed by atoms with Crippen LogP contribution in [0.15, 0.2) is 31.6 Å². The molecule has 0 amide bonds. The average molecular weight is 227 g/mol. The van der Waals surface area contributed by atoms with Gasteiger partial charge in [-0.15, -0.1) is 11.8 Å². The van der Waals surface area contributed by atoms with Crippen molar-refractivity contribution in [3.63, 3.8) is 0 Å². The van der Waals surface area contributed by atoms with Gasteiger partial charge in [0.2, 0.25) is 0 Å². The minimum absolute atomic E-state index is 0.124. The Hall–Kier alpha value is -0.940. The Kier molecular flexibility index (Phi) is 2.79. The van der Waals surface area contributed by atoms with Crippen LogP contribution in [0.3, 0.4) is 0 Å². The van der Waals surface area contributed by atoms with Crippen molar-refractivity contribution < 1.29 is 0 Å². The lowest BCUT2D eigenvalue weighted by Gasteiger charge is -2.12. The van der Waals surface area contributed by atoms with Crippen LogP contribution in [0.1, 0.15) is 0 Å². The SMILES string of the molecule is C=C(Cl)CSC1=NC=NC2=NC=NC21. The molecule has 2 aliphatic heterocycles. The number of fused-ring (bicyclic) bond motifs is 1. The second-order valence-corrected chi connectivity index (χ2v) is 4.20. The maximum Gasteiger partial charge on any atom is 0.163 e. The second-order valence-electron chi connectivity index (χ2n) is 2.67. The van der Waals surface area contributed by atoms with E-state index in [-0.39, 0.29) is 6.04 Å². The Balaban J connectivity index is 2.08. The van der Waals surface area contributed by atoms with Gasteiger partial charge in [-0.25, -0.2) is 15.0 Å². The minimum atomic E-state index is -0.124. The highest BCUT2D eigenvalue weighted by Gasteiger charge is 2.26. The number of nitrogens with zero attached hydrogens (tertiary/aromatic N) is 4. The van der Waals surface area contributed by atoms with Crippen LogP contribution in [0.4, 0.5) is 0 Å². The Labute approximate surface area is 90.6 Å². The highest BCUT2D eigenvalue weighted by Crippen LogP contribution is 2.20. The summed E-state index contributed by atoms with van der Waals surface area (Å²) in [5, 5.41) is 1.47. The normalized spacial score (nSPS) is 23.1. The van der Waals surface area contributed by atoms with Crippen molar-refractivity contribution in [2.45, 2.75) is 6.04 Å². The molecule has 0 aromatic rings. The fourth-order valence-corrected chi connectivity index (χ4v) is 1.97. The predicted octanol–water partition coefficient (Wildman–Crippen LogP) is 1.72. The topological polar surface area (TPSA) is 49.4 Å². The third-order valence-corrected chi connectivity index (χ3v) is 3.05. The van der Waals surface area contributed by atoms with E-state index in [0.29, 0.717) is 16.6 Å². The molecule has 0 bridgehead atoms. The number of amidine groups is 1. The van der Waals surface area contributed by atoms with Gasteiger partial charge in [0.25, 0.3) is 0 Å². The van der Waals surface area contributed by atoms with Gasteiger partial charge in [-0.05, 0) is 0 Å². The predicted molar refractivity (Wildman–Crippen MR) is 63.1 cm³/mol. The Morgan fingerprint density at radius 3 is 3.14 bits per heavy atom. The molecule has 2 aliphatic rings. The number of thioether (sulfide) groups is 1. The molecular weight excluding hydrogens is 220 g/mol. The van der Waals surface area contributed by atoms with E-state index in [0.717, 1.165) is 5.04 Å². The lowest BCUT2D eigenvalue weighted by molar-refractivity contribution is 1.16. The molecule has 1 unspecified atom stereocenters. The van der Waals surface area contributed by atoms with Gasteiger partial charge in [-0.2, -0.15) is 0 Å². The number of hydrogen-bond donors (Lipinski definition) is 0. The fraction of sp³-hybridized carbons (Fsp3) is 0.250. The van der Waals surface area contributed by atoms with E-state index in [1.165, 1.54) is 24.4 Å². The van der Waals surface area contributed by atoms with Crippen molar-refractivity contribution in [2.75, 3.05) is 5.75 Å². The molecular formula is C8H7ClN4S. The first-order valence-electron chi connectivity index (χ1n) is 3.93. The van der Waals surface area contributed by atoms with Crippen molar-refractivity contribution in [1.82, 2.24) is 0 Å². The summed E-state index contributed by atoms with van der Waals surface area (Å²) in [7, 11) is 0. The average Bonchev–Trinajstić information content (AvgIpc) is 2.62. The van der Waals surface area contributed by atoms with Crippen LogP contribution in [-0.2, 0) is 0 Å². The summed E-state index contributed by atoms with van der Waals surface area (Å²) in [6, 6.07) is -0.124. The first kappa shape index (κ1) is 9.61. The first-order valence-corrected chi connectivity index (χ1v) is 5.29. The number of aliphatic imine (C=N–C) groups is 4. The molecule has 1 atom stereocenters. The zero-order valence-corrected chi connectivity index (χ0v) is 8.79. The Morgan fingerprint density at radius 1 is 1.50 bits per heavy atom. The molecule has 14 heavy (non-hydrogen) atoms. The van der Waals surface area contributed by atoms with Crippen LogP contribution in [0.5, 0.6) is 0 Å². The molecule has 72 valence electrons. The van der Waals surface area contributed by atoms with Gasteiger partial charge in [0.05, 0.1) is 0 Å². The highest BCUT2D eigenvalue weighted by atomic mass is 35.5. The fourth-order valence-electron chi connectivity index (χ4n) is 1.06. The summed E-state index contributed by atoms with van der Waals surface area (Å²) in [4.78, 5) is 16.3. The number of hydrogen-bond acceptors (Lipinski definition) is 5. The summed E-state index contributed by atoms with van der Waals surface area (Å²) in [6.45, 7) is 3.61. The summed E-state index contributed by atoms with van der Waals surface area (Å²) in [5.74, 6) is 1.33. The van der Waals surface area contributed by atoms with E-state index < -0.39 is 0 Å². The molecule has 0 fully saturated rings. The third-order valence-electron chi connectivity index (χ3n) is 1.64. The van der Waals surface area contributed by atoms with E-state index in [1.54, 1.807) is 0 Å². The summed E-state index contributed by atoms with van der Waals surface area (Å²) in [5.41, 5.74) is 0. The van der Waals surface area contributed by atoms with Gasteiger partial charge >= 0.3 is 0 Å². The van der Waals surface area contributed by atoms with Crippen molar-refractivity contribution >= 4 is 46.9 Å². The molecule has 0 radical (unpaired) electrons. The van der Waals surface area contributed by atoms with Crippen molar-refractivity contribution in [3.05, 3.63) is 11.6 Å². The van der Waals surface area contributed by atoms with Gasteiger partial charge in [-0.1, -0.05) is 18.2 Å². The van der Waals surface area contributed by atoms with Crippen LogP contribution in [-0.4, -0.2) is 35.4 Å². The van der Waals surface area contributed by atoms with Crippen molar-refractivity contribution in [1.29, 1.82) is 0 Å². The zero-order chi connectivity index (χ0) is 9.97. The lowest BCUT2D eigenvalue weighted by atomic mass is 10.3. The molecule has 0 saturated heterocycles. The second kappa shape index (κ2) is 4.06. The molecule has 0 aromatic heterocycles. The maximum atomic E-state index is 5.67. The van der Waals surface area contributed by atoms with Gasteiger partial charge in [0, 0.05) is 10.8 Å². The van der Waals surface area contributed by atoms with E-state index in [4.69, 9.17) is 11.6 Å². The molecule has 2 rings (SSSR count). The van der Waals surface area contributed by atoms with Gasteiger partial charge in [-0.3, -0.25) is 4.99 Å². The molecule has 4 nitrogen and oxygen atoms in total. The van der Waals surface area contributed by atoms with Crippen LogP contribution >= 0.6 is 23.4 Å². The highest BCUT2D eigenvalue weighted by molar-refractivity contribution is 8.14. The van der Waals surface area contributed by atoms with E-state index in [2.05, 4.69) is 26.5 Å². The molecule has 0 spiro atoms. The quantitative estimate of drug-likeness (QED) is 0.707. The first-order chi connectivity index (χ1) is 6.77. The van der Waals surface area contributed by atoms with Crippen molar-refractivity contribution in [2.24, 2.45) is 20.0 Å². The summed E-state index contributed by atoms with van der Waals surface area (Å²) < 4.78 is 0. The monoisotopic (exact) mass is 226 g/mol. The number of rotatable bonds is 2. The van der Waals surface area contributed by atoms with Crippen LogP contribution < -0.4 is 0 Å². The van der Waals surface area contributed by atoms with Gasteiger partial charge < -0.3 is 0 Å². The van der Waals surface area contributed by atoms with Crippen LogP contribution in [0.2, 0.25) is 0 Å². The van der Waals surface area contributed by atoms with Gasteiger partial charge in [0.1, 0.15) is 17.7 Å². The summed E-state index contributed by atoms with van der Waals surface area (Å²) in [6.07, 6.45) is 3.00. The van der Waals surface area contributed by atoms with E-state index in [1.807, 2.05) is 0 Å². The van der Waals surface area contributed by atoms with Crippen LogP contribution in [0, 0.1) is 0 Å². The van der Waals surface area contributed by atoms with E-state index >= 15 is 0 Å². The zero-order valence-electron chi connectivity index (χ0n) is 7.22. The molecule has 6 heteroatoms. The summed E-state index contributed by atoms with van der Waals surface area (Å²) >= 11 is 7.18. The smallest absolute Gasteiger partial charge is 0.163 e. The Morgan fingerprint density at radius 2 is 2.36 bits per heavy atom. The lowest BCUT2D eigenvalue weighted by Crippen LogP contribution is -2.25. The minimum Gasteiger partial charge on any atom is -0.255 e. The Bertz CT molecular complexity index is 383. The van der Waals surface area contributed by atoms with Gasteiger partial charge in [0.15, 0.2) is 11.9 Å². The standard InChI is InChI=1S/C8H7ClN4S/c1-5(9)2-14-8-6-7(11-3-10-6)12-4-13-8/h3-4,6H,1-2H2.